The lowest BCUT2D eigenvalue weighted by molar-refractivity contribution is 0.304. The largest absolute Gasteiger partial charge is 0.611 e. The van der Waals surface area contributed by atoms with Gasteiger partial charge < -0.3 is 18.1 Å². The Bertz CT molecular complexity index is 1160. The summed E-state index contributed by atoms with van der Waals surface area (Å²) in [4.78, 5) is 0. The molecule has 0 bridgehead atoms. The van der Waals surface area contributed by atoms with Gasteiger partial charge in [0.25, 0.3) is 0 Å². The van der Waals surface area contributed by atoms with Crippen LogP contribution in [0.3, 0.4) is 0 Å². The number of halogens is 1. The minimum Gasteiger partial charge on any atom is -0.611 e. The molecular formula is C21H17BrO4S2. The van der Waals surface area contributed by atoms with Crippen LogP contribution in [-0.4, -0.2) is 17.1 Å². The second-order valence-electron chi connectivity index (χ2n) is 6.15. The maximum atomic E-state index is 12.0. The Balaban J connectivity index is 1.72. The fraction of sp³-hybridized carbons (Fsp3) is 0.143. The van der Waals surface area contributed by atoms with Gasteiger partial charge in [-0.3, -0.25) is 0 Å². The third kappa shape index (κ3) is 3.85. The van der Waals surface area contributed by atoms with Gasteiger partial charge in [0.05, 0.1) is 17.0 Å². The van der Waals surface area contributed by atoms with Gasteiger partial charge in [-0.15, -0.1) is 0 Å². The van der Waals surface area contributed by atoms with Crippen LogP contribution >= 0.6 is 27.7 Å². The third-order valence-corrected chi connectivity index (χ3v) is 7.31. The summed E-state index contributed by atoms with van der Waals surface area (Å²) in [5.74, 6) is 0.642. The lowest BCUT2D eigenvalue weighted by atomic mass is 10.1. The third-order valence-electron chi connectivity index (χ3n) is 4.31. The monoisotopic (exact) mass is 476 g/mol. The Labute approximate surface area is 178 Å². The molecule has 0 amide bonds. The van der Waals surface area contributed by atoms with Gasteiger partial charge in [0.1, 0.15) is 18.4 Å². The quantitative estimate of drug-likeness (QED) is 0.295. The molecule has 0 radical (unpaired) electrons. The average molecular weight is 477 g/mol. The minimum atomic E-state index is -1.07. The van der Waals surface area contributed by atoms with E-state index in [-0.39, 0.29) is 0 Å². The van der Waals surface area contributed by atoms with Gasteiger partial charge >= 0.3 is 0 Å². The zero-order valence-electron chi connectivity index (χ0n) is 15.2. The van der Waals surface area contributed by atoms with Gasteiger partial charge in [-0.05, 0) is 63.2 Å². The van der Waals surface area contributed by atoms with Crippen molar-refractivity contribution < 1.29 is 18.1 Å². The zero-order chi connectivity index (χ0) is 19.7. The molecule has 2 aromatic carbocycles. The van der Waals surface area contributed by atoms with E-state index in [1.54, 1.807) is 18.8 Å². The summed E-state index contributed by atoms with van der Waals surface area (Å²) in [7, 11) is 0. The van der Waals surface area contributed by atoms with Crippen LogP contribution in [0.1, 0.15) is 11.1 Å². The summed E-state index contributed by atoms with van der Waals surface area (Å²) in [5, 5.41) is 1.97. The van der Waals surface area contributed by atoms with Crippen molar-refractivity contribution in [3.8, 4) is 5.75 Å². The van der Waals surface area contributed by atoms with E-state index < -0.39 is 11.2 Å². The van der Waals surface area contributed by atoms with E-state index in [1.165, 1.54) is 11.8 Å². The molecule has 2 aromatic heterocycles. The van der Waals surface area contributed by atoms with E-state index in [2.05, 4.69) is 15.9 Å². The first-order valence-corrected chi connectivity index (χ1v) is 12.0. The van der Waals surface area contributed by atoms with E-state index in [1.807, 2.05) is 48.7 Å². The molecule has 4 rings (SSSR count). The molecule has 1 atom stereocenters. The summed E-state index contributed by atoms with van der Waals surface area (Å²) >= 11 is 3.94. The van der Waals surface area contributed by atoms with Crippen molar-refractivity contribution in [2.45, 2.75) is 6.61 Å². The summed E-state index contributed by atoms with van der Waals surface area (Å²) in [6, 6.07) is 11.8. The molecule has 0 saturated carbocycles. The summed E-state index contributed by atoms with van der Waals surface area (Å²) < 4.78 is 31.0. The van der Waals surface area contributed by atoms with Crippen molar-refractivity contribution >= 4 is 66.9 Å². The lowest BCUT2D eigenvalue weighted by Crippen LogP contribution is -2.00. The van der Waals surface area contributed by atoms with Crippen molar-refractivity contribution in [2.75, 3.05) is 12.5 Å². The summed E-state index contributed by atoms with van der Waals surface area (Å²) in [5.41, 5.74) is 3.34. The molecule has 144 valence electrons. The molecule has 7 heteroatoms. The van der Waals surface area contributed by atoms with Gasteiger partial charge in [-0.25, -0.2) is 0 Å². The van der Waals surface area contributed by atoms with E-state index in [4.69, 9.17) is 13.6 Å². The van der Waals surface area contributed by atoms with Gasteiger partial charge in [0.2, 0.25) is 0 Å². The van der Waals surface area contributed by atoms with Crippen LogP contribution in [0, 0.1) is 0 Å². The van der Waals surface area contributed by atoms with Gasteiger partial charge in [-0.1, -0.05) is 23.9 Å². The standard InChI is InChI=1S/C21H17BrO4S2/c1-27-18(28(2)23)11-15-4-3-14-5-7-25-20(14)21(15)26-12-13-9-16-6-8-24-19(16)17(22)10-13/h3-11H,12H2,1-2H3/b18-11+. The van der Waals surface area contributed by atoms with Crippen molar-refractivity contribution in [1.82, 2.24) is 0 Å². The second kappa shape index (κ2) is 8.29. The highest BCUT2D eigenvalue weighted by atomic mass is 79.9. The topological polar surface area (TPSA) is 58.6 Å². The van der Waals surface area contributed by atoms with Gasteiger partial charge in [0.15, 0.2) is 15.6 Å². The first kappa shape index (κ1) is 19.5. The van der Waals surface area contributed by atoms with E-state index in [0.717, 1.165) is 36.2 Å². The van der Waals surface area contributed by atoms with Crippen LogP contribution in [-0.2, 0) is 17.8 Å². The molecule has 0 spiro atoms. The maximum absolute atomic E-state index is 12.0. The number of thioether (sulfide) groups is 1. The number of hydrogen-bond acceptors (Lipinski definition) is 5. The number of furan rings is 2. The Kier molecular flexibility index (Phi) is 5.78. The zero-order valence-corrected chi connectivity index (χ0v) is 18.4. The van der Waals surface area contributed by atoms with Gasteiger partial charge in [-0.2, -0.15) is 0 Å². The Morgan fingerprint density at radius 3 is 2.64 bits per heavy atom. The summed E-state index contributed by atoms with van der Waals surface area (Å²) in [6.45, 7) is 0.365. The molecule has 0 aliphatic heterocycles. The lowest BCUT2D eigenvalue weighted by Gasteiger charge is -2.12. The highest BCUT2D eigenvalue weighted by Gasteiger charge is 2.15. The van der Waals surface area contributed by atoms with Crippen LogP contribution in [0.4, 0.5) is 0 Å². The highest BCUT2D eigenvalue weighted by molar-refractivity contribution is 9.10. The fourth-order valence-corrected chi connectivity index (χ4v) is 5.10. The Morgan fingerprint density at radius 2 is 1.89 bits per heavy atom. The highest BCUT2D eigenvalue weighted by Crippen LogP contribution is 2.35. The van der Waals surface area contributed by atoms with Crippen molar-refractivity contribution in [3.05, 3.63) is 68.8 Å². The minimum absolute atomic E-state index is 0.365. The van der Waals surface area contributed by atoms with E-state index in [9.17, 15) is 4.55 Å². The van der Waals surface area contributed by atoms with Crippen molar-refractivity contribution in [1.29, 1.82) is 0 Å². The van der Waals surface area contributed by atoms with Crippen molar-refractivity contribution in [3.63, 3.8) is 0 Å². The fourth-order valence-electron chi connectivity index (χ4n) is 3.01. The van der Waals surface area contributed by atoms with Crippen LogP contribution in [0.2, 0.25) is 0 Å². The number of benzene rings is 2. The van der Waals surface area contributed by atoms with E-state index in [0.29, 0.717) is 17.9 Å². The Morgan fingerprint density at radius 1 is 1.14 bits per heavy atom. The molecule has 0 fully saturated rings. The first-order chi connectivity index (χ1) is 13.6. The van der Waals surface area contributed by atoms with Crippen LogP contribution < -0.4 is 4.74 Å². The molecule has 0 aliphatic carbocycles. The molecule has 1 unspecified atom stereocenters. The van der Waals surface area contributed by atoms with Crippen LogP contribution in [0.15, 0.2) is 66.5 Å². The number of hydrogen-bond donors (Lipinski definition) is 0. The number of rotatable bonds is 6. The second-order valence-corrected chi connectivity index (χ2v) is 9.46. The SMILES string of the molecule is CS/C(=C\c1ccc2ccoc2c1OCc1cc(Br)c2occc2c1)[S+](C)[O-]. The molecular weight excluding hydrogens is 460 g/mol. The average Bonchev–Trinajstić information content (AvgIpc) is 3.33. The van der Waals surface area contributed by atoms with E-state index >= 15 is 0 Å². The first-order valence-electron chi connectivity index (χ1n) is 8.44. The number of ether oxygens (including phenoxy) is 1. The molecule has 4 nitrogen and oxygen atoms in total. The molecule has 28 heavy (non-hydrogen) atoms. The Hall–Kier alpha value is -1.80. The predicted octanol–water partition coefficient (Wildman–Crippen LogP) is 6.56. The predicted molar refractivity (Wildman–Crippen MR) is 120 cm³/mol. The van der Waals surface area contributed by atoms with Crippen LogP contribution in [0.5, 0.6) is 5.75 Å². The summed E-state index contributed by atoms with van der Waals surface area (Å²) in [6.07, 6.45) is 8.80. The van der Waals surface area contributed by atoms with Crippen LogP contribution in [0.25, 0.3) is 28.0 Å². The normalized spacial score (nSPS) is 13.4. The van der Waals surface area contributed by atoms with Crippen molar-refractivity contribution in [2.24, 2.45) is 0 Å². The molecule has 0 N–H and O–H groups in total. The maximum Gasteiger partial charge on any atom is 0.186 e. The smallest absolute Gasteiger partial charge is 0.186 e. The molecule has 0 saturated heterocycles. The van der Waals surface area contributed by atoms with Gasteiger partial charge in [0, 0.05) is 22.4 Å². The molecule has 2 heterocycles. The number of fused-ring (bicyclic) bond motifs is 2. The molecule has 4 aromatic rings. The molecule has 0 aliphatic rings.